The Balaban J connectivity index is 2.19. The molecular formula is C10H19N3S. The van der Waals surface area contributed by atoms with Gasteiger partial charge in [0.1, 0.15) is 5.01 Å². The van der Waals surface area contributed by atoms with Crippen molar-refractivity contribution in [1.29, 1.82) is 0 Å². The van der Waals surface area contributed by atoms with E-state index in [0.717, 1.165) is 19.6 Å². The molecular weight excluding hydrogens is 194 g/mol. The Morgan fingerprint density at radius 3 is 3.00 bits per heavy atom. The van der Waals surface area contributed by atoms with Gasteiger partial charge in [-0.2, -0.15) is 0 Å². The van der Waals surface area contributed by atoms with E-state index in [1.165, 1.54) is 5.01 Å². The Kier molecular flexibility index (Phi) is 5.07. The van der Waals surface area contributed by atoms with Gasteiger partial charge in [-0.1, -0.05) is 6.92 Å². The van der Waals surface area contributed by atoms with Gasteiger partial charge < -0.3 is 10.2 Å². The molecule has 1 aromatic heterocycles. The predicted octanol–water partition coefficient (Wildman–Crippen LogP) is 1.75. The van der Waals surface area contributed by atoms with Crippen LogP contribution >= 0.6 is 11.3 Å². The quantitative estimate of drug-likeness (QED) is 0.780. The van der Waals surface area contributed by atoms with Crippen LogP contribution in [0.2, 0.25) is 0 Å². The zero-order valence-electron chi connectivity index (χ0n) is 9.16. The number of nitrogens with zero attached hydrogens (tertiary/aromatic N) is 2. The molecule has 1 unspecified atom stereocenters. The molecule has 80 valence electrons. The summed E-state index contributed by atoms with van der Waals surface area (Å²) in [6.07, 6.45) is 1.86. The second-order valence-electron chi connectivity index (χ2n) is 3.44. The van der Waals surface area contributed by atoms with Crippen molar-refractivity contribution in [3.05, 3.63) is 16.6 Å². The molecule has 0 aliphatic heterocycles. The second kappa shape index (κ2) is 6.11. The molecule has 0 saturated heterocycles. The van der Waals surface area contributed by atoms with E-state index in [2.05, 4.69) is 36.1 Å². The van der Waals surface area contributed by atoms with Crippen LogP contribution in [0.15, 0.2) is 11.6 Å². The molecule has 0 bridgehead atoms. The highest BCUT2D eigenvalue weighted by molar-refractivity contribution is 7.09. The van der Waals surface area contributed by atoms with Gasteiger partial charge >= 0.3 is 0 Å². The van der Waals surface area contributed by atoms with Crippen molar-refractivity contribution in [2.45, 2.75) is 19.9 Å². The van der Waals surface area contributed by atoms with Gasteiger partial charge in [0, 0.05) is 24.7 Å². The lowest BCUT2D eigenvalue weighted by Crippen LogP contribution is -2.30. The number of thiazole rings is 1. The second-order valence-corrected chi connectivity index (χ2v) is 4.37. The first-order valence-corrected chi connectivity index (χ1v) is 5.93. The van der Waals surface area contributed by atoms with Crippen molar-refractivity contribution in [3.63, 3.8) is 0 Å². The molecule has 0 amide bonds. The third kappa shape index (κ3) is 3.74. The third-order valence-electron chi connectivity index (χ3n) is 2.31. The summed E-state index contributed by atoms with van der Waals surface area (Å²) in [4.78, 5) is 6.57. The van der Waals surface area contributed by atoms with E-state index in [9.17, 15) is 0 Å². The average molecular weight is 213 g/mol. The molecule has 1 aromatic rings. The van der Waals surface area contributed by atoms with Gasteiger partial charge in [0.05, 0.1) is 6.04 Å². The highest BCUT2D eigenvalue weighted by Gasteiger charge is 2.06. The molecule has 1 atom stereocenters. The first kappa shape index (κ1) is 11.6. The van der Waals surface area contributed by atoms with Crippen LogP contribution in [0.5, 0.6) is 0 Å². The molecule has 0 aromatic carbocycles. The summed E-state index contributed by atoms with van der Waals surface area (Å²) in [5, 5.41) is 6.65. The van der Waals surface area contributed by atoms with E-state index in [1.807, 2.05) is 11.6 Å². The fourth-order valence-corrected chi connectivity index (χ4v) is 1.84. The van der Waals surface area contributed by atoms with Gasteiger partial charge in [0.25, 0.3) is 0 Å². The van der Waals surface area contributed by atoms with E-state index in [-0.39, 0.29) is 0 Å². The van der Waals surface area contributed by atoms with Crippen LogP contribution in [0.3, 0.4) is 0 Å². The molecule has 0 spiro atoms. The normalized spacial score (nSPS) is 13.4. The summed E-state index contributed by atoms with van der Waals surface area (Å²) >= 11 is 1.71. The van der Waals surface area contributed by atoms with Gasteiger partial charge in [0.2, 0.25) is 0 Å². The van der Waals surface area contributed by atoms with Crippen LogP contribution in [0.25, 0.3) is 0 Å². The maximum atomic E-state index is 4.28. The van der Waals surface area contributed by atoms with Crippen molar-refractivity contribution >= 4 is 11.3 Å². The summed E-state index contributed by atoms with van der Waals surface area (Å²) < 4.78 is 0. The molecule has 4 heteroatoms. The number of likely N-dealkylation sites (N-methyl/N-ethyl adjacent to an activating group) is 1. The highest BCUT2D eigenvalue weighted by atomic mass is 32.1. The van der Waals surface area contributed by atoms with Gasteiger partial charge in [-0.3, -0.25) is 0 Å². The molecule has 0 aliphatic rings. The highest BCUT2D eigenvalue weighted by Crippen LogP contribution is 2.13. The fourth-order valence-electron chi connectivity index (χ4n) is 1.17. The van der Waals surface area contributed by atoms with Crippen LogP contribution in [0.4, 0.5) is 0 Å². The number of hydrogen-bond acceptors (Lipinski definition) is 4. The van der Waals surface area contributed by atoms with E-state index in [4.69, 9.17) is 0 Å². The third-order valence-corrected chi connectivity index (χ3v) is 3.26. The summed E-state index contributed by atoms with van der Waals surface area (Å²) in [7, 11) is 2.13. The Hall–Kier alpha value is -0.450. The lowest BCUT2D eigenvalue weighted by molar-refractivity contribution is 0.342. The predicted molar refractivity (Wildman–Crippen MR) is 61.7 cm³/mol. The SMILES string of the molecule is CCN(C)CCNC(C)c1nccs1. The molecule has 1 rings (SSSR count). The monoisotopic (exact) mass is 213 g/mol. The van der Waals surface area contributed by atoms with E-state index in [1.54, 1.807) is 11.3 Å². The lowest BCUT2D eigenvalue weighted by atomic mass is 10.3. The molecule has 1 N–H and O–H groups in total. The summed E-state index contributed by atoms with van der Waals surface area (Å²) in [6.45, 7) is 7.54. The van der Waals surface area contributed by atoms with Crippen LogP contribution < -0.4 is 5.32 Å². The summed E-state index contributed by atoms with van der Waals surface area (Å²) in [6, 6.07) is 0.375. The van der Waals surface area contributed by atoms with Crippen molar-refractivity contribution in [1.82, 2.24) is 15.2 Å². The van der Waals surface area contributed by atoms with Gasteiger partial charge in [0.15, 0.2) is 0 Å². The van der Waals surface area contributed by atoms with E-state index < -0.39 is 0 Å². The van der Waals surface area contributed by atoms with Gasteiger partial charge in [-0.05, 0) is 20.5 Å². The largest absolute Gasteiger partial charge is 0.307 e. The minimum Gasteiger partial charge on any atom is -0.307 e. The zero-order chi connectivity index (χ0) is 10.4. The standard InChI is InChI=1S/C10H19N3S/c1-4-13(3)7-5-11-9(2)10-12-6-8-14-10/h6,8-9,11H,4-5,7H2,1-3H3. The van der Waals surface area contributed by atoms with Crippen LogP contribution in [-0.4, -0.2) is 36.6 Å². The molecule has 14 heavy (non-hydrogen) atoms. The van der Waals surface area contributed by atoms with Crippen molar-refractivity contribution < 1.29 is 0 Å². The van der Waals surface area contributed by atoms with Gasteiger partial charge in [-0.25, -0.2) is 4.98 Å². The Morgan fingerprint density at radius 1 is 1.64 bits per heavy atom. The first-order valence-electron chi connectivity index (χ1n) is 5.05. The first-order chi connectivity index (χ1) is 6.74. The number of nitrogens with one attached hydrogen (secondary N) is 1. The number of hydrogen-bond donors (Lipinski definition) is 1. The van der Waals surface area contributed by atoms with Gasteiger partial charge in [-0.15, -0.1) is 11.3 Å². The Bertz CT molecular complexity index is 236. The minimum atomic E-state index is 0.375. The Morgan fingerprint density at radius 2 is 2.43 bits per heavy atom. The smallest absolute Gasteiger partial charge is 0.109 e. The lowest BCUT2D eigenvalue weighted by Gasteiger charge is -2.16. The van der Waals surface area contributed by atoms with E-state index in [0.29, 0.717) is 6.04 Å². The Labute approximate surface area is 90.2 Å². The van der Waals surface area contributed by atoms with Crippen LogP contribution in [0, 0.1) is 0 Å². The molecule has 3 nitrogen and oxygen atoms in total. The maximum Gasteiger partial charge on any atom is 0.109 e. The van der Waals surface area contributed by atoms with Crippen molar-refractivity contribution in [3.8, 4) is 0 Å². The minimum absolute atomic E-state index is 0.375. The topological polar surface area (TPSA) is 28.2 Å². The van der Waals surface area contributed by atoms with Crippen LogP contribution in [-0.2, 0) is 0 Å². The van der Waals surface area contributed by atoms with Crippen molar-refractivity contribution in [2.75, 3.05) is 26.7 Å². The number of rotatable bonds is 6. The molecule has 0 aliphatic carbocycles. The van der Waals surface area contributed by atoms with Crippen molar-refractivity contribution in [2.24, 2.45) is 0 Å². The maximum absolute atomic E-state index is 4.28. The molecule has 0 radical (unpaired) electrons. The van der Waals surface area contributed by atoms with Crippen LogP contribution in [0.1, 0.15) is 24.9 Å². The fraction of sp³-hybridized carbons (Fsp3) is 0.700. The zero-order valence-corrected chi connectivity index (χ0v) is 9.97. The molecule has 0 saturated carbocycles. The number of aromatic nitrogens is 1. The summed E-state index contributed by atoms with van der Waals surface area (Å²) in [5.74, 6) is 0. The average Bonchev–Trinajstić information content (AvgIpc) is 2.70. The summed E-state index contributed by atoms with van der Waals surface area (Å²) in [5.41, 5.74) is 0. The molecule has 0 fully saturated rings. The molecule has 1 heterocycles. The van der Waals surface area contributed by atoms with E-state index >= 15 is 0 Å².